The molecule has 6 heteroatoms. The summed E-state index contributed by atoms with van der Waals surface area (Å²) in [6, 6.07) is 14.6. The maximum Gasteiger partial charge on any atom is 0.124 e. The second-order valence-electron chi connectivity index (χ2n) is 5.81. The number of hydrogen-bond donors (Lipinski definition) is 2. The van der Waals surface area contributed by atoms with Gasteiger partial charge < -0.3 is 11.5 Å². The van der Waals surface area contributed by atoms with Crippen molar-refractivity contribution in [1.82, 2.24) is 9.78 Å². The average Bonchev–Trinajstić information content (AvgIpc) is 3.10. The zero-order valence-electron chi connectivity index (χ0n) is 14.2. The molecule has 0 amide bonds. The van der Waals surface area contributed by atoms with Gasteiger partial charge in [-0.1, -0.05) is 30.3 Å². The summed E-state index contributed by atoms with van der Waals surface area (Å²) in [5.74, 6) is -0.355. The Kier molecular flexibility index (Phi) is 5.56. The highest BCUT2D eigenvalue weighted by atomic mass is 19.1. The molecule has 0 spiro atoms. The van der Waals surface area contributed by atoms with Crippen molar-refractivity contribution in [3.8, 4) is 0 Å². The summed E-state index contributed by atoms with van der Waals surface area (Å²) in [6.07, 6.45) is 6.50. The Morgan fingerprint density at radius 3 is 2.69 bits per heavy atom. The van der Waals surface area contributed by atoms with Crippen molar-refractivity contribution in [1.29, 1.82) is 0 Å². The molecule has 5 nitrogen and oxygen atoms in total. The number of halogens is 1. The number of nitrogens with zero attached hydrogens (tertiary/aromatic N) is 3. The minimum Gasteiger partial charge on any atom is -0.404 e. The lowest BCUT2D eigenvalue weighted by molar-refractivity contribution is 0.625. The number of rotatable bonds is 6. The Labute approximate surface area is 151 Å². The quantitative estimate of drug-likeness (QED) is 0.670. The highest BCUT2D eigenvalue weighted by molar-refractivity contribution is 6.10. The van der Waals surface area contributed by atoms with Crippen LogP contribution in [0.4, 0.5) is 10.1 Å². The first-order valence-corrected chi connectivity index (χ1v) is 8.20. The molecule has 0 radical (unpaired) electrons. The second-order valence-corrected chi connectivity index (χ2v) is 5.81. The smallest absolute Gasteiger partial charge is 0.124 e. The SMILES string of the molecule is NC=C(C=Nc1cnn(Cc2ccccc2)c1)c1cc(F)cc(CN)c1. The molecule has 1 heterocycles. The summed E-state index contributed by atoms with van der Waals surface area (Å²) >= 11 is 0. The number of hydrogen-bond acceptors (Lipinski definition) is 4. The van der Waals surface area contributed by atoms with Crippen LogP contribution < -0.4 is 11.5 Å². The Bertz CT molecular complexity index is 928. The Morgan fingerprint density at radius 1 is 1.15 bits per heavy atom. The monoisotopic (exact) mass is 349 g/mol. The largest absolute Gasteiger partial charge is 0.404 e. The van der Waals surface area contributed by atoms with Crippen molar-refractivity contribution >= 4 is 17.5 Å². The summed E-state index contributed by atoms with van der Waals surface area (Å²) in [5.41, 5.74) is 15.1. The number of aromatic nitrogens is 2. The van der Waals surface area contributed by atoms with Gasteiger partial charge in [-0.05, 0) is 34.9 Å². The predicted octanol–water partition coefficient (Wildman–Crippen LogP) is 3.23. The normalized spacial score (nSPS) is 12.0. The molecule has 3 aromatic rings. The first-order valence-electron chi connectivity index (χ1n) is 8.20. The average molecular weight is 349 g/mol. The molecule has 0 aliphatic rings. The summed E-state index contributed by atoms with van der Waals surface area (Å²) < 4.78 is 15.5. The van der Waals surface area contributed by atoms with Crippen molar-refractivity contribution in [3.05, 3.63) is 89.6 Å². The van der Waals surface area contributed by atoms with E-state index in [1.807, 2.05) is 41.2 Å². The Balaban J connectivity index is 1.75. The molecule has 132 valence electrons. The van der Waals surface area contributed by atoms with Gasteiger partial charge in [0.05, 0.1) is 18.9 Å². The fraction of sp³-hybridized carbons (Fsp3) is 0.100. The predicted molar refractivity (Wildman–Crippen MR) is 102 cm³/mol. The van der Waals surface area contributed by atoms with Crippen LogP contribution in [0.2, 0.25) is 0 Å². The fourth-order valence-corrected chi connectivity index (χ4v) is 2.57. The van der Waals surface area contributed by atoms with Gasteiger partial charge in [0.25, 0.3) is 0 Å². The van der Waals surface area contributed by atoms with E-state index < -0.39 is 0 Å². The number of aliphatic imine (C=N–C) groups is 1. The summed E-state index contributed by atoms with van der Waals surface area (Å²) in [4.78, 5) is 4.39. The van der Waals surface area contributed by atoms with Crippen LogP contribution in [0.5, 0.6) is 0 Å². The van der Waals surface area contributed by atoms with E-state index in [9.17, 15) is 4.39 Å². The topological polar surface area (TPSA) is 82.2 Å². The highest BCUT2D eigenvalue weighted by Crippen LogP contribution is 2.18. The van der Waals surface area contributed by atoms with Crippen molar-refractivity contribution in [2.45, 2.75) is 13.1 Å². The van der Waals surface area contributed by atoms with E-state index in [2.05, 4.69) is 10.1 Å². The van der Waals surface area contributed by atoms with E-state index in [0.29, 0.717) is 28.9 Å². The van der Waals surface area contributed by atoms with Gasteiger partial charge in [0.15, 0.2) is 0 Å². The van der Waals surface area contributed by atoms with E-state index in [0.717, 1.165) is 5.56 Å². The molecule has 0 saturated heterocycles. The van der Waals surface area contributed by atoms with Crippen LogP contribution in [0.15, 0.2) is 72.1 Å². The van der Waals surface area contributed by atoms with E-state index >= 15 is 0 Å². The molecular weight excluding hydrogens is 329 g/mol. The third kappa shape index (κ3) is 4.43. The van der Waals surface area contributed by atoms with Gasteiger partial charge in [0, 0.05) is 24.5 Å². The third-order valence-electron chi connectivity index (χ3n) is 3.87. The lowest BCUT2D eigenvalue weighted by atomic mass is 10.0. The molecule has 3 rings (SSSR count). The lowest BCUT2D eigenvalue weighted by Crippen LogP contribution is -2.00. The van der Waals surface area contributed by atoms with E-state index in [1.54, 1.807) is 18.5 Å². The second kappa shape index (κ2) is 8.22. The van der Waals surface area contributed by atoms with Gasteiger partial charge in [0.1, 0.15) is 11.5 Å². The maximum absolute atomic E-state index is 13.7. The highest BCUT2D eigenvalue weighted by Gasteiger charge is 2.04. The maximum atomic E-state index is 13.7. The molecule has 0 atom stereocenters. The minimum absolute atomic E-state index is 0.256. The van der Waals surface area contributed by atoms with Crippen molar-refractivity contribution in [3.63, 3.8) is 0 Å². The molecule has 0 saturated carbocycles. The molecule has 0 aliphatic heterocycles. The van der Waals surface area contributed by atoms with Crippen LogP contribution in [-0.4, -0.2) is 16.0 Å². The fourth-order valence-electron chi connectivity index (χ4n) is 2.57. The van der Waals surface area contributed by atoms with E-state index in [-0.39, 0.29) is 12.4 Å². The van der Waals surface area contributed by atoms with Crippen LogP contribution in [0.1, 0.15) is 16.7 Å². The first kappa shape index (κ1) is 17.6. The van der Waals surface area contributed by atoms with Gasteiger partial charge in [0.2, 0.25) is 0 Å². The van der Waals surface area contributed by atoms with Crippen LogP contribution in [0, 0.1) is 5.82 Å². The molecule has 0 aliphatic carbocycles. The number of nitrogens with two attached hydrogens (primary N) is 2. The van der Waals surface area contributed by atoms with Crippen LogP contribution in [0.25, 0.3) is 5.57 Å². The zero-order chi connectivity index (χ0) is 18.4. The standard InChI is InChI=1S/C20H20FN5/c21-19-7-16(9-22)6-17(8-19)18(10-23)11-24-20-12-25-26(14-20)13-15-4-2-1-3-5-15/h1-8,10-12,14H,9,13,22-23H2. The van der Waals surface area contributed by atoms with Crippen LogP contribution in [-0.2, 0) is 13.1 Å². The lowest BCUT2D eigenvalue weighted by Gasteiger charge is -2.05. The van der Waals surface area contributed by atoms with Gasteiger partial charge in [-0.25, -0.2) is 4.39 Å². The molecular formula is C20H20FN5. The number of allylic oxidation sites excluding steroid dienone is 1. The van der Waals surface area contributed by atoms with E-state index in [1.165, 1.54) is 18.3 Å². The minimum atomic E-state index is -0.355. The molecule has 0 unspecified atom stereocenters. The molecule has 26 heavy (non-hydrogen) atoms. The first-order chi connectivity index (χ1) is 12.7. The van der Waals surface area contributed by atoms with Crippen molar-refractivity contribution in [2.75, 3.05) is 0 Å². The Morgan fingerprint density at radius 2 is 1.96 bits per heavy atom. The molecule has 0 fully saturated rings. The molecule has 2 aromatic carbocycles. The summed E-state index contributed by atoms with van der Waals surface area (Å²) in [6.45, 7) is 0.922. The van der Waals surface area contributed by atoms with Gasteiger partial charge in [-0.3, -0.25) is 9.67 Å². The summed E-state index contributed by atoms with van der Waals surface area (Å²) in [7, 11) is 0. The van der Waals surface area contributed by atoms with Crippen molar-refractivity contribution in [2.24, 2.45) is 16.5 Å². The van der Waals surface area contributed by atoms with Gasteiger partial charge in [-0.15, -0.1) is 0 Å². The van der Waals surface area contributed by atoms with Crippen molar-refractivity contribution < 1.29 is 4.39 Å². The molecule has 4 N–H and O–H groups in total. The van der Waals surface area contributed by atoms with Crippen LogP contribution >= 0.6 is 0 Å². The van der Waals surface area contributed by atoms with Gasteiger partial charge >= 0.3 is 0 Å². The Hall–Kier alpha value is -3.25. The summed E-state index contributed by atoms with van der Waals surface area (Å²) in [5, 5.41) is 4.31. The number of benzene rings is 2. The zero-order valence-corrected chi connectivity index (χ0v) is 14.2. The third-order valence-corrected chi connectivity index (χ3v) is 3.87. The molecule has 1 aromatic heterocycles. The van der Waals surface area contributed by atoms with Gasteiger partial charge in [-0.2, -0.15) is 5.10 Å². The van der Waals surface area contributed by atoms with E-state index in [4.69, 9.17) is 11.5 Å². The molecule has 0 bridgehead atoms. The van der Waals surface area contributed by atoms with Crippen LogP contribution in [0.3, 0.4) is 0 Å².